The summed E-state index contributed by atoms with van der Waals surface area (Å²) < 4.78 is 0. The number of carbonyl (C=O) groups is 1. The van der Waals surface area contributed by atoms with E-state index in [0.29, 0.717) is 17.1 Å². The van der Waals surface area contributed by atoms with E-state index >= 15 is 0 Å². The molecule has 0 aliphatic rings. The molecule has 0 radical (unpaired) electrons. The number of Topliss-reactive ketones (excluding diaryl/α,β-unsaturated/α-hetero) is 1. The summed E-state index contributed by atoms with van der Waals surface area (Å²) in [4.78, 5) is 26.4. The van der Waals surface area contributed by atoms with Gasteiger partial charge in [-0.25, -0.2) is 4.98 Å². The summed E-state index contributed by atoms with van der Waals surface area (Å²) in [6, 6.07) is 9.87. The normalized spacial score (nSPS) is 10.4. The van der Waals surface area contributed by atoms with Gasteiger partial charge in [-0.15, -0.1) is 0 Å². The molecule has 1 heterocycles. The fraction of sp³-hybridized carbons (Fsp3) is 0.250. The van der Waals surface area contributed by atoms with Crippen LogP contribution in [0.25, 0.3) is 0 Å². The minimum Gasteiger partial charge on any atom is -0.368 e. The Bertz CT molecular complexity index is 744. The number of benzene rings is 1. The van der Waals surface area contributed by atoms with Gasteiger partial charge in [-0.05, 0) is 39.0 Å². The molecule has 0 spiro atoms. The van der Waals surface area contributed by atoms with E-state index in [4.69, 9.17) is 0 Å². The number of hydrogen-bond donors (Lipinski definition) is 2. The molecule has 0 aliphatic heterocycles. The molecule has 1 aromatic heterocycles. The second kappa shape index (κ2) is 6.87. The topological polar surface area (TPSA) is 97.2 Å². The minimum atomic E-state index is -0.497. The molecule has 23 heavy (non-hydrogen) atoms. The Morgan fingerprint density at radius 1 is 1.26 bits per heavy atom. The van der Waals surface area contributed by atoms with Gasteiger partial charge >= 0.3 is 5.69 Å². The molecule has 7 nitrogen and oxygen atoms in total. The van der Waals surface area contributed by atoms with Crippen molar-refractivity contribution in [3.05, 3.63) is 52.1 Å². The van der Waals surface area contributed by atoms with E-state index in [2.05, 4.69) is 15.6 Å². The van der Waals surface area contributed by atoms with E-state index in [0.717, 1.165) is 0 Å². The van der Waals surface area contributed by atoms with E-state index in [1.165, 1.54) is 13.0 Å². The van der Waals surface area contributed by atoms with Gasteiger partial charge in [0.25, 0.3) is 0 Å². The molecule has 1 aromatic carbocycles. The number of pyridine rings is 1. The van der Waals surface area contributed by atoms with Crippen molar-refractivity contribution in [2.75, 3.05) is 10.6 Å². The fourth-order valence-corrected chi connectivity index (χ4v) is 2.02. The van der Waals surface area contributed by atoms with Crippen molar-refractivity contribution < 1.29 is 9.72 Å². The molecule has 0 bridgehead atoms. The zero-order valence-corrected chi connectivity index (χ0v) is 13.2. The van der Waals surface area contributed by atoms with Crippen molar-refractivity contribution in [3.8, 4) is 0 Å². The second-order valence-electron chi connectivity index (χ2n) is 5.38. The molecular weight excluding hydrogens is 296 g/mol. The van der Waals surface area contributed by atoms with Gasteiger partial charge in [0.15, 0.2) is 5.78 Å². The quantitative estimate of drug-likeness (QED) is 0.479. The van der Waals surface area contributed by atoms with Gasteiger partial charge < -0.3 is 10.6 Å². The number of rotatable bonds is 6. The Hall–Kier alpha value is -2.96. The molecule has 2 N–H and O–H groups in total. The number of nitrogens with one attached hydrogen (secondary N) is 2. The van der Waals surface area contributed by atoms with Gasteiger partial charge in [0, 0.05) is 23.4 Å². The second-order valence-corrected chi connectivity index (χ2v) is 5.38. The van der Waals surface area contributed by atoms with Gasteiger partial charge in [0.1, 0.15) is 5.82 Å². The van der Waals surface area contributed by atoms with Crippen LogP contribution in [0.4, 0.5) is 23.0 Å². The first-order valence-corrected chi connectivity index (χ1v) is 7.17. The first-order chi connectivity index (χ1) is 10.9. The van der Waals surface area contributed by atoms with E-state index in [-0.39, 0.29) is 23.3 Å². The minimum absolute atomic E-state index is 0.0775. The summed E-state index contributed by atoms with van der Waals surface area (Å²) in [6.45, 7) is 5.37. The molecule has 0 atom stereocenters. The fourth-order valence-electron chi connectivity index (χ4n) is 2.02. The third kappa shape index (κ3) is 4.26. The van der Waals surface area contributed by atoms with E-state index < -0.39 is 4.92 Å². The number of ketones is 1. The summed E-state index contributed by atoms with van der Waals surface area (Å²) in [5.41, 5.74) is 0.955. The average Bonchev–Trinajstić information content (AvgIpc) is 2.46. The van der Waals surface area contributed by atoms with Crippen LogP contribution >= 0.6 is 0 Å². The van der Waals surface area contributed by atoms with Crippen LogP contribution in [0.2, 0.25) is 0 Å². The summed E-state index contributed by atoms with van der Waals surface area (Å²) >= 11 is 0. The Balaban J connectivity index is 2.38. The highest BCUT2D eigenvalue weighted by Crippen LogP contribution is 2.27. The molecule has 2 rings (SSSR count). The molecule has 0 fully saturated rings. The maximum Gasteiger partial charge on any atom is 0.311 e. The lowest BCUT2D eigenvalue weighted by Gasteiger charge is -2.12. The Kier molecular flexibility index (Phi) is 4.90. The van der Waals surface area contributed by atoms with Gasteiger partial charge in [0.05, 0.1) is 4.92 Å². The molecule has 0 amide bonds. The molecule has 0 saturated heterocycles. The number of nitrogens with zero attached hydrogens (tertiary/aromatic N) is 2. The van der Waals surface area contributed by atoms with Crippen LogP contribution < -0.4 is 10.6 Å². The van der Waals surface area contributed by atoms with Gasteiger partial charge in [-0.3, -0.25) is 14.9 Å². The van der Waals surface area contributed by atoms with Crippen molar-refractivity contribution in [2.24, 2.45) is 0 Å². The number of hydrogen-bond acceptors (Lipinski definition) is 6. The lowest BCUT2D eigenvalue weighted by Crippen LogP contribution is -2.12. The maximum absolute atomic E-state index is 11.4. The Labute approximate surface area is 133 Å². The summed E-state index contributed by atoms with van der Waals surface area (Å²) in [6.07, 6.45) is 0. The lowest BCUT2D eigenvalue weighted by molar-refractivity contribution is -0.384. The highest BCUT2D eigenvalue weighted by atomic mass is 16.6. The monoisotopic (exact) mass is 314 g/mol. The van der Waals surface area contributed by atoms with E-state index in [1.54, 1.807) is 30.3 Å². The van der Waals surface area contributed by atoms with Gasteiger partial charge in [-0.2, -0.15) is 0 Å². The van der Waals surface area contributed by atoms with Crippen LogP contribution in [0.5, 0.6) is 0 Å². The van der Waals surface area contributed by atoms with E-state index in [1.807, 2.05) is 13.8 Å². The van der Waals surface area contributed by atoms with E-state index in [9.17, 15) is 14.9 Å². The van der Waals surface area contributed by atoms with Gasteiger partial charge in [-0.1, -0.05) is 12.1 Å². The highest BCUT2D eigenvalue weighted by molar-refractivity contribution is 5.95. The number of carbonyl (C=O) groups excluding carboxylic acids is 1. The summed E-state index contributed by atoms with van der Waals surface area (Å²) in [5.74, 6) is 0.587. The Morgan fingerprint density at radius 2 is 2.00 bits per heavy atom. The van der Waals surface area contributed by atoms with Crippen molar-refractivity contribution >= 4 is 28.8 Å². The lowest BCUT2D eigenvalue weighted by atomic mass is 10.1. The van der Waals surface area contributed by atoms with Crippen LogP contribution in [0.3, 0.4) is 0 Å². The zero-order chi connectivity index (χ0) is 17.0. The maximum atomic E-state index is 11.4. The molecular formula is C16H18N4O3. The van der Waals surface area contributed by atoms with Crippen LogP contribution in [0, 0.1) is 10.1 Å². The summed E-state index contributed by atoms with van der Waals surface area (Å²) in [5, 5.41) is 17.2. The van der Waals surface area contributed by atoms with Crippen LogP contribution in [0.15, 0.2) is 36.4 Å². The third-order valence-electron chi connectivity index (χ3n) is 3.04. The molecule has 120 valence electrons. The molecule has 0 saturated carbocycles. The number of aromatic nitrogens is 1. The zero-order valence-electron chi connectivity index (χ0n) is 13.2. The van der Waals surface area contributed by atoms with Crippen LogP contribution in [-0.4, -0.2) is 21.7 Å². The molecule has 0 aliphatic carbocycles. The third-order valence-corrected chi connectivity index (χ3v) is 3.04. The molecule has 7 heteroatoms. The number of anilines is 3. The van der Waals surface area contributed by atoms with Crippen LogP contribution in [-0.2, 0) is 0 Å². The molecule has 2 aromatic rings. The number of nitro groups is 1. The van der Waals surface area contributed by atoms with Crippen molar-refractivity contribution in [2.45, 2.75) is 26.8 Å². The first-order valence-electron chi connectivity index (χ1n) is 7.17. The largest absolute Gasteiger partial charge is 0.368 e. The average molecular weight is 314 g/mol. The predicted octanol–water partition coefficient (Wildman–Crippen LogP) is 3.76. The van der Waals surface area contributed by atoms with Crippen molar-refractivity contribution in [1.82, 2.24) is 4.98 Å². The van der Waals surface area contributed by atoms with Crippen LogP contribution in [0.1, 0.15) is 31.1 Å². The standard InChI is InChI=1S/C16H18N4O3/c1-10(2)17-15-8-7-14(20(22)23)16(19-15)18-13-6-4-5-12(9-13)11(3)21/h4-10H,1-3H3,(H2,17,18,19). The SMILES string of the molecule is CC(=O)c1cccc(Nc2nc(NC(C)C)ccc2[N+](=O)[O-])c1. The predicted molar refractivity (Wildman–Crippen MR) is 89.4 cm³/mol. The van der Waals surface area contributed by atoms with Crippen molar-refractivity contribution in [3.63, 3.8) is 0 Å². The summed E-state index contributed by atoms with van der Waals surface area (Å²) in [7, 11) is 0. The Morgan fingerprint density at radius 3 is 2.61 bits per heavy atom. The smallest absolute Gasteiger partial charge is 0.311 e. The first kappa shape index (κ1) is 16.4. The molecule has 0 unspecified atom stereocenters. The highest BCUT2D eigenvalue weighted by Gasteiger charge is 2.17. The van der Waals surface area contributed by atoms with Crippen molar-refractivity contribution in [1.29, 1.82) is 0 Å². The van der Waals surface area contributed by atoms with Gasteiger partial charge in [0.2, 0.25) is 5.82 Å².